The molecule has 2 fully saturated rings. The number of hydrogen-bond donors (Lipinski definition) is 0. The first kappa shape index (κ1) is 18.9. The van der Waals surface area contributed by atoms with E-state index >= 15 is 0 Å². The van der Waals surface area contributed by atoms with Crippen molar-refractivity contribution in [2.45, 2.75) is 50.5 Å². The highest BCUT2D eigenvalue weighted by molar-refractivity contribution is 7.89. The zero-order chi connectivity index (χ0) is 19.2. The zero-order valence-corrected chi connectivity index (χ0v) is 17.0. The van der Waals surface area contributed by atoms with E-state index in [-0.39, 0.29) is 17.9 Å². The first-order valence-corrected chi connectivity index (χ1v) is 11.5. The molecule has 0 unspecified atom stereocenters. The Kier molecular flexibility index (Phi) is 5.03. The Hall–Kier alpha value is -1.44. The second kappa shape index (κ2) is 7.18. The Morgan fingerprint density at radius 2 is 1.85 bits per heavy atom. The number of piperazine rings is 1. The molecule has 0 N–H and O–H groups in total. The normalized spacial score (nSPS) is 24.2. The molecule has 0 spiro atoms. The van der Waals surface area contributed by atoms with Gasteiger partial charge in [-0.15, -0.1) is 0 Å². The van der Waals surface area contributed by atoms with E-state index < -0.39 is 10.0 Å². The molecule has 0 aromatic heterocycles. The molecule has 6 nitrogen and oxygen atoms in total. The third-order valence-corrected chi connectivity index (χ3v) is 7.83. The third kappa shape index (κ3) is 3.52. The van der Waals surface area contributed by atoms with Gasteiger partial charge in [0.15, 0.2) is 0 Å². The lowest BCUT2D eigenvalue weighted by Gasteiger charge is -2.33. The molecule has 2 aliphatic heterocycles. The molecular formula is C20H29N3O3S. The number of hydrogen-bond acceptors (Lipinski definition) is 4. The van der Waals surface area contributed by atoms with E-state index in [1.54, 1.807) is 16.4 Å². The number of carbonyl (C=O) groups excluding carboxylic acids is 1. The van der Waals surface area contributed by atoms with Crippen molar-refractivity contribution in [1.82, 2.24) is 9.21 Å². The van der Waals surface area contributed by atoms with Crippen molar-refractivity contribution in [2.75, 3.05) is 37.6 Å². The van der Waals surface area contributed by atoms with E-state index in [0.717, 1.165) is 56.6 Å². The number of amides is 1. The molecule has 0 radical (unpaired) electrons. The van der Waals surface area contributed by atoms with Crippen LogP contribution in [0.2, 0.25) is 0 Å². The fourth-order valence-corrected chi connectivity index (χ4v) is 5.76. The lowest BCUT2D eigenvalue weighted by atomic mass is 10.1. The summed E-state index contributed by atoms with van der Waals surface area (Å²) < 4.78 is 27.8. The van der Waals surface area contributed by atoms with Crippen LogP contribution < -0.4 is 4.90 Å². The van der Waals surface area contributed by atoms with Crippen LogP contribution in [-0.2, 0) is 21.2 Å². The van der Waals surface area contributed by atoms with Gasteiger partial charge in [-0.05, 0) is 62.9 Å². The lowest BCUT2D eigenvalue weighted by Crippen LogP contribution is -2.48. The van der Waals surface area contributed by atoms with Crippen LogP contribution in [0.25, 0.3) is 0 Å². The summed E-state index contributed by atoms with van der Waals surface area (Å²) in [4.78, 5) is 17.1. The van der Waals surface area contributed by atoms with Crippen LogP contribution in [0.5, 0.6) is 0 Å². The zero-order valence-electron chi connectivity index (χ0n) is 16.2. The standard InChI is InChI=1S/C20H29N3O3S/c1-3-8-21-9-11-22(12-10-21)27(25,26)18-6-7-19-17(14-18)13-15(2)23(19)20(24)16-4-5-16/h6-7,14-16H,3-5,8-13H2,1-2H3/t15-/m0/s1. The van der Waals surface area contributed by atoms with Gasteiger partial charge in [-0.3, -0.25) is 4.79 Å². The van der Waals surface area contributed by atoms with E-state index in [4.69, 9.17) is 0 Å². The maximum absolute atomic E-state index is 13.1. The minimum absolute atomic E-state index is 0.101. The van der Waals surface area contributed by atoms with E-state index in [1.165, 1.54) is 0 Å². The molecule has 27 heavy (non-hydrogen) atoms. The molecule has 1 saturated carbocycles. The Bertz CT molecular complexity index is 827. The fraction of sp³-hybridized carbons (Fsp3) is 0.650. The molecule has 3 aliphatic rings. The summed E-state index contributed by atoms with van der Waals surface area (Å²) >= 11 is 0. The lowest BCUT2D eigenvalue weighted by molar-refractivity contribution is -0.120. The smallest absolute Gasteiger partial charge is 0.243 e. The molecular weight excluding hydrogens is 362 g/mol. The Morgan fingerprint density at radius 3 is 2.48 bits per heavy atom. The minimum atomic E-state index is -3.48. The fourth-order valence-electron chi connectivity index (χ4n) is 4.29. The predicted molar refractivity (Wildman–Crippen MR) is 105 cm³/mol. The average Bonchev–Trinajstić information content (AvgIpc) is 3.44. The number of benzene rings is 1. The quantitative estimate of drug-likeness (QED) is 0.771. The molecule has 1 amide bonds. The molecule has 1 atom stereocenters. The Morgan fingerprint density at radius 1 is 1.15 bits per heavy atom. The van der Waals surface area contributed by atoms with Crippen molar-refractivity contribution in [3.63, 3.8) is 0 Å². The van der Waals surface area contributed by atoms with Crippen LogP contribution in [0, 0.1) is 5.92 Å². The van der Waals surface area contributed by atoms with Gasteiger partial charge in [0.25, 0.3) is 0 Å². The highest BCUT2D eigenvalue weighted by Gasteiger charge is 2.40. The maximum Gasteiger partial charge on any atom is 0.243 e. The summed E-state index contributed by atoms with van der Waals surface area (Å²) in [5, 5.41) is 0. The molecule has 148 valence electrons. The van der Waals surface area contributed by atoms with Crippen LogP contribution in [0.1, 0.15) is 38.7 Å². The third-order valence-electron chi connectivity index (χ3n) is 5.94. The van der Waals surface area contributed by atoms with Gasteiger partial charge in [0.1, 0.15) is 0 Å². The highest BCUT2D eigenvalue weighted by atomic mass is 32.2. The summed E-state index contributed by atoms with van der Waals surface area (Å²) in [7, 11) is -3.48. The molecule has 1 aromatic rings. The van der Waals surface area contributed by atoms with Crippen molar-refractivity contribution in [1.29, 1.82) is 0 Å². The number of sulfonamides is 1. The first-order valence-electron chi connectivity index (χ1n) is 10.1. The van der Waals surface area contributed by atoms with Gasteiger partial charge in [0, 0.05) is 43.8 Å². The van der Waals surface area contributed by atoms with Crippen LogP contribution >= 0.6 is 0 Å². The average molecular weight is 392 g/mol. The van der Waals surface area contributed by atoms with E-state index in [1.807, 2.05) is 17.9 Å². The van der Waals surface area contributed by atoms with Crippen molar-refractivity contribution in [2.24, 2.45) is 5.92 Å². The highest BCUT2D eigenvalue weighted by Crippen LogP contribution is 2.39. The SMILES string of the molecule is CCCN1CCN(S(=O)(=O)c2ccc3c(c2)C[C@H](C)N3C(=O)C2CC2)CC1. The van der Waals surface area contributed by atoms with Crippen molar-refractivity contribution in [3.8, 4) is 0 Å². The van der Waals surface area contributed by atoms with Crippen molar-refractivity contribution < 1.29 is 13.2 Å². The summed E-state index contributed by atoms with van der Waals surface area (Å²) in [6, 6.07) is 5.40. The molecule has 1 aromatic carbocycles. The van der Waals surface area contributed by atoms with Crippen LogP contribution in [0.3, 0.4) is 0 Å². The molecule has 0 bridgehead atoms. The summed E-state index contributed by atoms with van der Waals surface area (Å²) in [5.41, 5.74) is 1.87. The van der Waals surface area contributed by atoms with Gasteiger partial charge >= 0.3 is 0 Å². The van der Waals surface area contributed by atoms with Crippen LogP contribution in [0.4, 0.5) is 5.69 Å². The molecule has 4 rings (SSSR count). The minimum Gasteiger partial charge on any atom is -0.309 e. The van der Waals surface area contributed by atoms with Gasteiger partial charge in [0.05, 0.1) is 4.90 Å². The van der Waals surface area contributed by atoms with Crippen molar-refractivity contribution >= 4 is 21.6 Å². The number of fused-ring (bicyclic) bond motifs is 1. The number of nitrogens with zero attached hydrogens (tertiary/aromatic N) is 3. The summed E-state index contributed by atoms with van der Waals surface area (Å²) in [6.45, 7) is 7.88. The van der Waals surface area contributed by atoms with Crippen molar-refractivity contribution in [3.05, 3.63) is 23.8 Å². The molecule has 7 heteroatoms. The first-order chi connectivity index (χ1) is 12.9. The summed E-state index contributed by atoms with van der Waals surface area (Å²) in [6.07, 6.45) is 3.77. The molecule has 2 heterocycles. The Balaban J connectivity index is 1.54. The maximum atomic E-state index is 13.1. The monoisotopic (exact) mass is 391 g/mol. The molecule has 1 aliphatic carbocycles. The van der Waals surface area contributed by atoms with Gasteiger partial charge < -0.3 is 9.80 Å². The van der Waals surface area contributed by atoms with Gasteiger partial charge in [0.2, 0.25) is 15.9 Å². The van der Waals surface area contributed by atoms with Gasteiger partial charge in [-0.2, -0.15) is 4.31 Å². The topological polar surface area (TPSA) is 60.9 Å². The van der Waals surface area contributed by atoms with Gasteiger partial charge in [-0.1, -0.05) is 6.92 Å². The molecule has 1 saturated heterocycles. The van der Waals surface area contributed by atoms with Gasteiger partial charge in [-0.25, -0.2) is 8.42 Å². The van der Waals surface area contributed by atoms with Crippen LogP contribution in [0.15, 0.2) is 23.1 Å². The second-order valence-electron chi connectivity index (χ2n) is 8.07. The summed E-state index contributed by atoms with van der Waals surface area (Å²) in [5.74, 6) is 0.366. The Labute approximate surface area is 162 Å². The predicted octanol–water partition coefficient (Wildman–Crippen LogP) is 2.09. The second-order valence-corrected chi connectivity index (χ2v) is 10.0. The number of anilines is 1. The number of rotatable bonds is 5. The number of carbonyl (C=O) groups is 1. The van der Waals surface area contributed by atoms with E-state index in [0.29, 0.717) is 18.0 Å². The van der Waals surface area contributed by atoms with E-state index in [9.17, 15) is 13.2 Å². The van der Waals surface area contributed by atoms with Crippen LogP contribution in [-0.4, -0.2) is 62.3 Å². The largest absolute Gasteiger partial charge is 0.309 e. The van der Waals surface area contributed by atoms with E-state index in [2.05, 4.69) is 11.8 Å².